The normalized spacial score (nSPS) is 14.1. The smallest absolute Gasteiger partial charge is 0.326 e. The van der Waals surface area contributed by atoms with Crippen LogP contribution in [-0.4, -0.2) is 206 Å². The molecule has 0 rings (SSSR count). The van der Waals surface area contributed by atoms with E-state index in [9.17, 15) is 24.4 Å². The zero-order valence-corrected chi connectivity index (χ0v) is 43.5. The number of carbonyl (C=O) groups excluding carboxylic acids is 4. The lowest BCUT2D eigenvalue weighted by molar-refractivity contribution is -0.162. The van der Waals surface area contributed by atoms with Crippen LogP contribution in [0.5, 0.6) is 0 Å². The number of hydrogen-bond acceptors (Lipinski definition) is 20. The summed E-state index contributed by atoms with van der Waals surface area (Å²) in [5.74, 6) is -1.99. The molecule has 4 N–H and O–H groups in total. The van der Waals surface area contributed by atoms with Crippen molar-refractivity contribution in [2.45, 2.75) is 83.8 Å². The number of methoxy groups -OCH3 is 1. The second-order valence-electron chi connectivity index (χ2n) is 16.9. The van der Waals surface area contributed by atoms with E-state index in [1.807, 2.05) is 13.0 Å². The summed E-state index contributed by atoms with van der Waals surface area (Å²) in [6.45, 7) is 22.7. The van der Waals surface area contributed by atoms with Crippen LogP contribution < -0.4 is 21.3 Å². The maximum Gasteiger partial charge on any atom is 0.326 e. The maximum absolute atomic E-state index is 14.2. The highest BCUT2D eigenvalue weighted by molar-refractivity contribution is 5.83. The largest absolute Gasteiger partial charge is 0.463 e. The second kappa shape index (κ2) is 43.4. The van der Waals surface area contributed by atoms with Crippen molar-refractivity contribution in [2.75, 3.05) is 165 Å². The molecule has 22 heteroatoms. The van der Waals surface area contributed by atoms with Crippen molar-refractivity contribution in [3.63, 3.8) is 0 Å². The molecule has 408 valence electrons. The number of nitrogens with zero attached hydrogens (tertiary/aromatic N) is 2. The molecule has 0 bridgehead atoms. The van der Waals surface area contributed by atoms with Gasteiger partial charge in [-0.1, -0.05) is 12.7 Å². The molecule has 22 nitrogen and oxygen atoms in total. The minimum Gasteiger partial charge on any atom is -0.463 e. The average Bonchev–Trinajstić information content (AvgIpc) is 3.36. The first kappa shape index (κ1) is 66.9. The van der Waals surface area contributed by atoms with Gasteiger partial charge in [0.2, 0.25) is 11.8 Å². The fraction of sp³-hybridized carbons (Fsp3) is 0.796. The molecule has 0 aromatic heterocycles. The summed E-state index contributed by atoms with van der Waals surface area (Å²) in [5.41, 5.74) is -4.11. The number of nitrogens with one attached hydrogen (secondary N) is 4. The van der Waals surface area contributed by atoms with Gasteiger partial charge in [-0.2, -0.15) is 10.5 Å². The van der Waals surface area contributed by atoms with Crippen LogP contribution in [0.15, 0.2) is 24.8 Å². The first-order chi connectivity index (χ1) is 34.1. The summed E-state index contributed by atoms with van der Waals surface area (Å²) in [5, 5.41) is 31.1. The Kier molecular flexibility index (Phi) is 40.9. The van der Waals surface area contributed by atoms with Crippen LogP contribution in [0.25, 0.3) is 0 Å². The topological polar surface area (TPSA) is 275 Å². The van der Waals surface area contributed by atoms with Gasteiger partial charge in [0, 0.05) is 51.3 Å². The molecule has 0 saturated carbocycles. The van der Waals surface area contributed by atoms with Gasteiger partial charge in [0.05, 0.1) is 143 Å². The lowest BCUT2D eigenvalue weighted by Crippen LogP contribution is -2.59. The Balaban J connectivity index is 5.65. The number of amides is 2. The third-order valence-corrected chi connectivity index (χ3v) is 10.3. The number of hydrogen-bond donors (Lipinski definition) is 4. The molecule has 0 saturated heterocycles. The molecule has 2 amide bonds. The standard InChI is InChI=1S/C49H86N6O16/c1-9-15-52-44(57)13-14-48(6,39-51)54-40-47(5,45(58)70-34-32-68-30-28-63-19-18-61-10-2)38-49(7,55-42(4)11-12-43(56)53-37-41(3)36-50)46(59)71-35-33-69-31-29-67-27-26-66-25-24-65-23-22-64-21-20-62-17-16-60-8/h9,42,54-55H,1,3,10-35,37-38,40H2,2,4-8H3,(H,52,57)(H,53,56). The summed E-state index contributed by atoms with van der Waals surface area (Å²) in [7, 11) is 1.62. The highest BCUT2D eigenvalue weighted by Gasteiger charge is 2.48. The van der Waals surface area contributed by atoms with Crippen LogP contribution in [0.4, 0.5) is 0 Å². The number of rotatable bonds is 50. The van der Waals surface area contributed by atoms with Crippen molar-refractivity contribution in [3.8, 4) is 12.1 Å². The number of carbonyl (C=O) groups is 4. The Morgan fingerprint density at radius 3 is 1.51 bits per heavy atom. The molecule has 0 aromatic carbocycles. The van der Waals surface area contributed by atoms with Gasteiger partial charge < -0.3 is 67.5 Å². The van der Waals surface area contributed by atoms with Crippen LogP contribution in [0.2, 0.25) is 0 Å². The van der Waals surface area contributed by atoms with E-state index in [1.54, 1.807) is 40.9 Å². The lowest BCUT2D eigenvalue weighted by Gasteiger charge is -2.40. The number of ether oxygens (including phenoxy) is 12. The first-order valence-corrected chi connectivity index (χ1v) is 24.3. The molecular weight excluding hydrogens is 929 g/mol. The molecule has 0 aliphatic rings. The second-order valence-corrected chi connectivity index (χ2v) is 16.9. The quantitative estimate of drug-likeness (QED) is 0.0293. The maximum atomic E-state index is 14.2. The fourth-order valence-electron chi connectivity index (χ4n) is 6.33. The molecular formula is C49H86N6O16. The Hall–Kier alpha value is -4.14. The summed E-state index contributed by atoms with van der Waals surface area (Å²) >= 11 is 0. The van der Waals surface area contributed by atoms with Gasteiger partial charge in [0.25, 0.3) is 0 Å². The van der Waals surface area contributed by atoms with Gasteiger partial charge in [-0.15, -0.1) is 6.58 Å². The molecule has 0 aromatic rings. The van der Waals surface area contributed by atoms with Crippen molar-refractivity contribution >= 4 is 23.8 Å². The van der Waals surface area contributed by atoms with Crippen LogP contribution >= 0.6 is 0 Å². The predicted octanol–water partition coefficient (Wildman–Crippen LogP) is 1.95. The third-order valence-electron chi connectivity index (χ3n) is 10.3. The van der Waals surface area contributed by atoms with E-state index in [0.29, 0.717) is 92.5 Å². The summed E-state index contributed by atoms with van der Waals surface area (Å²) in [6.07, 6.45) is 1.80. The van der Waals surface area contributed by atoms with Crippen LogP contribution in [-0.2, 0) is 76.0 Å². The third kappa shape index (κ3) is 36.4. The van der Waals surface area contributed by atoms with Crippen LogP contribution in [0, 0.1) is 28.1 Å². The summed E-state index contributed by atoms with van der Waals surface area (Å²) in [4.78, 5) is 53.4. The molecule has 0 radical (unpaired) electrons. The van der Waals surface area contributed by atoms with E-state index in [-0.39, 0.29) is 115 Å². The van der Waals surface area contributed by atoms with Crippen molar-refractivity contribution in [2.24, 2.45) is 5.41 Å². The van der Waals surface area contributed by atoms with Crippen LogP contribution in [0.1, 0.15) is 66.7 Å². The van der Waals surface area contributed by atoms with Gasteiger partial charge in [-0.05, 0) is 53.9 Å². The lowest BCUT2D eigenvalue weighted by atomic mass is 9.76. The van der Waals surface area contributed by atoms with Gasteiger partial charge in [0.15, 0.2) is 0 Å². The Morgan fingerprint density at radius 2 is 1.07 bits per heavy atom. The predicted molar refractivity (Wildman–Crippen MR) is 262 cm³/mol. The minimum absolute atomic E-state index is 0.00706. The average molecular weight is 1020 g/mol. The van der Waals surface area contributed by atoms with Gasteiger partial charge in [0.1, 0.15) is 24.3 Å². The molecule has 71 heavy (non-hydrogen) atoms. The Morgan fingerprint density at radius 1 is 0.634 bits per heavy atom. The molecule has 0 spiro atoms. The molecule has 0 heterocycles. The monoisotopic (exact) mass is 1010 g/mol. The van der Waals surface area contributed by atoms with Gasteiger partial charge in [-0.25, -0.2) is 0 Å². The number of esters is 2. The highest BCUT2D eigenvalue weighted by Crippen LogP contribution is 2.33. The molecule has 4 atom stereocenters. The SMILES string of the molecule is C=CCNC(=O)CCC(C)(C#N)NCC(C)(CC(C)(NC(C)CCC(=O)NCC(=C)C#N)C(=O)OCCOCCOCCOCCOCCOCCOCCOC)C(=O)OCCOCCOCCOCC. The van der Waals surface area contributed by atoms with Gasteiger partial charge in [-0.3, -0.25) is 29.8 Å². The zero-order chi connectivity index (χ0) is 52.9. The van der Waals surface area contributed by atoms with E-state index in [1.165, 1.54) is 0 Å². The minimum atomic E-state index is -1.56. The zero-order valence-electron chi connectivity index (χ0n) is 43.5. The van der Waals surface area contributed by atoms with Crippen molar-refractivity contribution in [1.29, 1.82) is 10.5 Å². The van der Waals surface area contributed by atoms with Crippen LogP contribution in [0.3, 0.4) is 0 Å². The van der Waals surface area contributed by atoms with Crippen molar-refractivity contribution in [3.05, 3.63) is 24.8 Å². The van der Waals surface area contributed by atoms with E-state index >= 15 is 0 Å². The van der Waals surface area contributed by atoms with E-state index in [0.717, 1.165) is 0 Å². The van der Waals surface area contributed by atoms with E-state index in [4.69, 9.17) is 62.1 Å². The fourth-order valence-corrected chi connectivity index (χ4v) is 6.33. The van der Waals surface area contributed by atoms with Gasteiger partial charge >= 0.3 is 11.9 Å². The molecule has 0 aliphatic heterocycles. The van der Waals surface area contributed by atoms with Crippen molar-refractivity contribution < 1.29 is 76.0 Å². The summed E-state index contributed by atoms with van der Waals surface area (Å²) in [6, 6.07) is 3.64. The highest BCUT2D eigenvalue weighted by atomic mass is 16.6. The number of nitriles is 2. The van der Waals surface area contributed by atoms with Crippen molar-refractivity contribution in [1.82, 2.24) is 21.3 Å². The van der Waals surface area contributed by atoms with E-state index < -0.39 is 34.5 Å². The summed E-state index contributed by atoms with van der Waals surface area (Å²) < 4.78 is 65.7. The molecule has 0 fully saturated rings. The van der Waals surface area contributed by atoms with E-state index in [2.05, 4.69) is 40.5 Å². The molecule has 0 aliphatic carbocycles. The molecule has 4 unspecified atom stereocenters. The Labute approximate surface area is 422 Å². The Bertz CT molecular complexity index is 1550. The first-order valence-electron chi connectivity index (χ1n) is 24.3.